The van der Waals surface area contributed by atoms with E-state index in [-0.39, 0.29) is 11.7 Å². The zero-order valence-corrected chi connectivity index (χ0v) is 10.8. The first kappa shape index (κ1) is 12.4. The lowest BCUT2D eigenvalue weighted by Gasteiger charge is -2.10. The lowest BCUT2D eigenvalue weighted by Crippen LogP contribution is -2.23. The third kappa shape index (κ3) is 2.62. The minimum absolute atomic E-state index is 0.119. The molecule has 94 valence electrons. The molecule has 0 aliphatic rings. The highest BCUT2D eigenvalue weighted by molar-refractivity contribution is 7.14. The molecule has 1 amide bonds. The number of hydrogen-bond acceptors (Lipinski definition) is 5. The minimum Gasteiger partial charge on any atom is -0.300 e. The number of ketones is 1. The third-order valence-electron chi connectivity index (χ3n) is 2.40. The third-order valence-corrected chi connectivity index (χ3v) is 3.15. The van der Waals surface area contributed by atoms with Crippen LogP contribution in [0.5, 0.6) is 0 Å². The van der Waals surface area contributed by atoms with Crippen LogP contribution in [-0.2, 0) is 4.79 Å². The molecule has 6 nitrogen and oxygen atoms in total. The van der Waals surface area contributed by atoms with Crippen molar-refractivity contribution in [2.24, 2.45) is 0 Å². The van der Waals surface area contributed by atoms with E-state index < -0.39 is 6.04 Å². The summed E-state index contributed by atoms with van der Waals surface area (Å²) in [5.41, 5.74) is 0.363. The average Bonchev–Trinajstić information content (AvgIpc) is 2.98. The van der Waals surface area contributed by atoms with Crippen molar-refractivity contribution in [3.8, 4) is 0 Å². The molecule has 7 heteroatoms. The van der Waals surface area contributed by atoms with E-state index in [4.69, 9.17) is 0 Å². The molecule has 0 aliphatic heterocycles. The Hall–Kier alpha value is -2.02. The average molecular weight is 264 g/mol. The van der Waals surface area contributed by atoms with Crippen LogP contribution in [0.25, 0.3) is 0 Å². The van der Waals surface area contributed by atoms with Crippen molar-refractivity contribution in [1.29, 1.82) is 0 Å². The Kier molecular flexibility index (Phi) is 3.52. The van der Waals surface area contributed by atoms with Gasteiger partial charge in [0.25, 0.3) is 5.91 Å². The van der Waals surface area contributed by atoms with E-state index in [0.717, 1.165) is 0 Å². The van der Waals surface area contributed by atoms with E-state index in [1.54, 1.807) is 35.4 Å². The summed E-state index contributed by atoms with van der Waals surface area (Å²) in [4.78, 5) is 27.0. The molecule has 1 unspecified atom stereocenters. The Morgan fingerprint density at radius 3 is 2.83 bits per heavy atom. The number of Topliss-reactive ketones (excluding diaryl/α,β-unsaturated/α-hetero) is 1. The van der Waals surface area contributed by atoms with Crippen LogP contribution in [-0.4, -0.2) is 26.5 Å². The van der Waals surface area contributed by atoms with Gasteiger partial charge in [0.05, 0.1) is 0 Å². The van der Waals surface area contributed by atoms with Gasteiger partial charge in [0, 0.05) is 24.7 Å². The predicted octanol–water partition coefficient (Wildman–Crippen LogP) is 1.74. The van der Waals surface area contributed by atoms with E-state index in [1.807, 2.05) is 0 Å². The number of nitrogens with zero attached hydrogens (tertiary/aromatic N) is 3. The van der Waals surface area contributed by atoms with Crippen LogP contribution in [0.3, 0.4) is 0 Å². The first-order valence-electron chi connectivity index (χ1n) is 5.34. The zero-order valence-electron chi connectivity index (χ0n) is 9.95. The smallest absolute Gasteiger partial charge is 0.250 e. The van der Waals surface area contributed by atoms with E-state index in [2.05, 4.69) is 15.4 Å². The molecule has 0 fully saturated rings. The molecule has 18 heavy (non-hydrogen) atoms. The van der Waals surface area contributed by atoms with Gasteiger partial charge in [-0.1, -0.05) is 0 Å². The molecule has 2 aromatic rings. The van der Waals surface area contributed by atoms with E-state index >= 15 is 0 Å². The van der Waals surface area contributed by atoms with Gasteiger partial charge < -0.3 is 5.32 Å². The van der Waals surface area contributed by atoms with Crippen molar-refractivity contribution in [3.63, 3.8) is 0 Å². The first-order valence-corrected chi connectivity index (χ1v) is 6.22. The van der Waals surface area contributed by atoms with Crippen molar-refractivity contribution < 1.29 is 9.59 Å². The molecular weight excluding hydrogens is 252 g/mol. The second kappa shape index (κ2) is 5.09. The molecule has 0 spiro atoms. The zero-order chi connectivity index (χ0) is 13.1. The van der Waals surface area contributed by atoms with Crippen LogP contribution in [0, 0.1) is 0 Å². The summed E-state index contributed by atoms with van der Waals surface area (Å²) in [7, 11) is 0. The Morgan fingerprint density at radius 1 is 1.50 bits per heavy atom. The van der Waals surface area contributed by atoms with Gasteiger partial charge in [-0.15, -0.1) is 11.3 Å². The first-order chi connectivity index (χ1) is 8.58. The fourth-order valence-corrected chi connectivity index (χ4v) is 2.09. The molecule has 0 saturated carbocycles. The number of aromatic nitrogens is 3. The molecule has 0 aliphatic carbocycles. The van der Waals surface area contributed by atoms with Gasteiger partial charge in [0.1, 0.15) is 11.7 Å². The van der Waals surface area contributed by atoms with Crippen molar-refractivity contribution >= 4 is 28.2 Å². The lowest BCUT2D eigenvalue weighted by atomic mass is 10.3. The largest absolute Gasteiger partial charge is 0.300 e. The summed E-state index contributed by atoms with van der Waals surface area (Å²) in [6.07, 6.45) is 3.33. The van der Waals surface area contributed by atoms with Crippen molar-refractivity contribution in [2.45, 2.75) is 19.9 Å². The highest BCUT2D eigenvalue weighted by atomic mass is 32.1. The standard InChI is InChI=1S/C11H12N4O2S/c1-7(15-5-3-4-12-15)10(17)14-11-13-9(6-18-11)8(2)16/h3-7H,1-2H3,(H,13,14,17). The SMILES string of the molecule is CC(=O)c1csc(NC(=O)C(C)n2cccn2)n1. The fraction of sp³-hybridized carbons (Fsp3) is 0.273. The monoisotopic (exact) mass is 264 g/mol. The van der Waals surface area contributed by atoms with Crippen molar-refractivity contribution in [1.82, 2.24) is 14.8 Å². The van der Waals surface area contributed by atoms with Crippen LogP contribution in [0.2, 0.25) is 0 Å². The Labute approximate surface area is 108 Å². The van der Waals surface area contributed by atoms with Gasteiger partial charge >= 0.3 is 0 Å². The Bertz CT molecular complexity index is 561. The summed E-state index contributed by atoms with van der Waals surface area (Å²) < 4.78 is 1.55. The second-order valence-corrected chi connectivity index (χ2v) is 4.60. The van der Waals surface area contributed by atoms with Gasteiger partial charge in [-0.25, -0.2) is 4.98 Å². The molecule has 0 saturated heterocycles. The Balaban J connectivity index is 2.04. The number of amides is 1. The fourth-order valence-electron chi connectivity index (χ4n) is 1.33. The topological polar surface area (TPSA) is 76.9 Å². The maximum absolute atomic E-state index is 11.9. The lowest BCUT2D eigenvalue weighted by molar-refractivity contribution is -0.119. The number of nitrogens with one attached hydrogen (secondary N) is 1. The van der Waals surface area contributed by atoms with Crippen LogP contribution >= 0.6 is 11.3 Å². The molecule has 2 aromatic heterocycles. The quantitative estimate of drug-likeness (QED) is 0.853. The molecule has 0 bridgehead atoms. The summed E-state index contributed by atoms with van der Waals surface area (Å²) in [6.45, 7) is 3.18. The van der Waals surface area contributed by atoms with Crippen molar-refractivity contribution in [3.05, 3.63) is 29.5 Å². The molecule has 2 heterocycles. The highest BCUT2D eigenvalue weighted by Crippen LogP contribution is 2.17. The molecular formula is C11H12N4O2S. The molecule has 0 aromatic carbocycles. The maximum atomic E-state index is 11.9. The molecule has 0 radical (unpaired) electrons. The van der Waals surface area contributed by atoms with E-state index in [9.17, 15) is 9.59 Å². The van der Waals surface area contributed by atoms with Crippen LogP contribution in [0.1, 0.15) is 30.4 Å². The summed E-state index contributed by atoms with van der Waals surface area (Å²) in [5.74, 6) is -0.338. The number of hydrogen-bond donors (Lipinski definition) is 1. The second-order valence-electron chi connectivity index (χ2n) is 3.75. The van der Waals surface area contributed by atoms with Gasteiger partial charge in [-0.05, 0) is 13.0 Å². The predicted molar refractivity (Wildman–Crippen MR) is 67.7 cm³/mol. The summed E-state index contributed by atoms with van der Waals surface area (Å²) in [5, 5.41) is 8.70. The number of carbonyl (C=O) groups is 2. The summed E-state index contributed by atoms with van der Waals surface area (Å²) >= 11 is 1.23. The van der Waals surface area contributed by atoms with Gasteiger partial charge in [-0.2, -0.15) is 5.10 Å². The molecule has 2 rings (SSSR count). The number of carbonyl (C=O) groups excluding carboxylic acids is 2. The Morgan fingerprint density at radius 2 is 2.28 bits per heavy atom. The van der Waals surface area contributed by atoms with E-state index in [1.165, 1.54) is 18.3 Å². The highest BCUT2D eigenvalue weighted by Gasteiger charge is 2.16. The molecule has 1 atom stereocenters. The van der Waals surface area contributed by atoms with Crippen LogP contribution in [0.15, 0.2) is 23.8 Å². The summed E-state index contributed by atoms with van der Waals surface area (Å²) in [6, 6.07) is 1.32. The van der Waals surface area contributed by atoms with Crippen LogP contribution < -0.4 is 5.32 Å². The minimum atomic E-state index is -0.426. The number of thiazole rings is 1. The van der Waals surface area contributed by atoms with Crippen molar-refractivity contribution in [2.75, 3.05) is 5.32 Å². The number of anilines is 1. The van der Waals surface area contributed by atoms with E-state index in [0.29, 0.717) is 10.8 Å². The van der Waals surface area contributed by atoms with Gasteiger partial charge in [0.15, 0.2) is 10.9 Å². The van der Waals surface area contributed by atoms with Crippen LogP contribution in [0.4, 0.5) is 5.13 Å². The molecule has 1 N–H and O–H groups in total. The van der Waals surface area contributed by atoms with Gasteiger partial charge in [-0.3, -0.25) is 14.3 Å². The maximum Gasteiger partial charge on any atom is 0.250 e. The normalized spacial score (nSPS) is 12.1. The van der Waals surface area contributed by atoms with Gasteiger partial charge in [0.2, 0.25) is 0 Å². The number of rotatable bonds is 4.